The predicted octanol–water partition coefficient (Wildman–Crippen LogP) is 3.55. The van der Waals surface area contributed by atoms with Crippen LogP contribution in [-0.2, 0) is 61.4 Å². The molecule has 0 radical (unpaired) electrons. The Morgan fingerprint density at radius 3 is 0.645 bits per heavy atom. The van der Waals surface area contributed by atoms with Gasteiger partial charge < -0.3 is 75.6 Å². The summed E-state index contributed by atoms with van der Waals surface area (Å²) in [6.07, 6.45) is 0. The van der Waals surface area contributed by atoms with Gasteiger partial charge in [-0.1, -0.05) is 0 Å². The van der Waals surface area contributed by atoms with E-state index in [1.807, 2.05) is 72.8 Å². The highest BCUT2D eigenvalue weighted by molar-refractivity contribution is 7.85. The van der Waals surface area contributed by atoms with E-state index in [4.69, 9.17) is 71.1 Å². The molecule has 0 amide bonds. The molecule has 0 unspecified atom stereocenters. The van der Waals surface area contributed by atoms with E-state index < -0.39 is 7.14 Å². The Balaban J connectivity index is 1.51. The molecule has 0 heterocycles. The lowest BCUT2D eigenvalue weighted by Gasteiger charge is -2.21. The Hall–Kier alpha value is -3.19. The van der Waals surface area contributed by atoms with Gasteiger partial charge in [0, 0.05) is 37.2 Å². The Morgan fingerprint density at radius 2 is 0.452 bits per heavy atom. The van der Waals surface area contributed by atoms with Crippen LogP contribution in [0.5, 0.6) is 17.2 Å². The second-order valence-corrected chi connectivity index (χ2v) is 15.9. The Labute approximate surface area is 367 Å². The third-order valence-electron chi connectivity index (χ3n) is 8.62. The van der Waals surface area contributed by atoms with Gasteiger partial charge in [-0.3, -0.25) is 0 Å². The quantitative estimate of drug-likeness (QED) is 0.0601. The molecule has 0 saturated carbocycles. The summed E-state index contributed by atoms with van der Waals surface area (Å²) in [6.45, 7) is 11.3. The number of ether oxygens (including phenoxy) is 15. The zero-order valence-electron chi connectivity index (χ0n) is 36.9. The van der Waals surface area contributed by atoms with Crippen LogP contribution in [0.1, 0.15) is 0 Å². The molecule has 3 aromatic carbocycles. The zero-order valence-corrected chi connectivity index (χ0v) is 37.8. The highest BCUT2D eigenvalue weighted by atomic mass is 31.2. The van der Waals surface area contributed by atoms with E-state index in [-0.39, 0.29) is 0 Å². The molecule has 350 valence electrons. The molecule has 0 aliphatic heterocycles. The van der Waals surface area contributed by atoms with Crippen LogP contribution in [0.4, 0.5) is 0 Å². The van der Waals surface area contributed by atoms with Crippen molar-refractivity contribution in [3.63, 3.8) is 0 Å². The summed E-state index contributed by atoms with van der Waals surface area (Å²) < 4.78 is 97.5. The first-order chi connectivity index (χ1) is 30.6. The van der Waals surface area contributed by atoms with Crippen molar-refractivity contribution in [2.45, 2.75) is 0 Å². The van der Waals surface area contributed by atoms with Crippen molar-refractivity contribution in [2.24, 2.45) is 0 Å². The van der Waals surface area contributed by atoms with E-state index in [2.05, 4.69) is 0 Å². The topological polar surface area (TPSA) is 156 Å². The van der Waals surface area contributed by atoms with Crippen LogP contribution in [0.25, 0.3) is 0 Å². The van der Waals surface area contributed by atoms with Gasteiger partial charge in [-0.25, -0.2) is 0 Å². The summed E-state index contributed by atoms with van der Waals surface area (Å²) in [4.78, 5) is 0. The van der Waals surface area contributed by atoms with Gasteiger partial charge in [0.05, 0.1) is 139 Å². The molecule has 0 aliphatic rings. The molecular formula is C45H69O16P. The molecule has 62 heavy (non-hydrogen) atoms. The van der Waals surface area contributed by atoms with Crippen molar-refractivity contribution < 1.29 is 75.6 Å². The molecule has 0 spiro atoms. The maximum Gasteiger partial charge on any atom is 0.171 e. The number of rotatable bonds is 42. The van der Waals surface area contributed by atoms with Gasteiger partial charge in [0.25, 0.3) is 0 Å². The van der Waals surface area contributed by atoms with Gasteiger partial charge in [0.15, 0.2) is 7.14 Å². The van der Waals surface area contributed by atoms with Crippen molar-refractivity contribution in [3.8, 4) is 17.2 Å². The second-order valence-electron chi connectivity index (χ2n) is 13.1. The monoisotopic (exact) mass is 896 g/mol. The minimum absolute atomic E-state index is 0.355. The normalized spacial score (nSPS) is 11.6. The van der Waals surface area contributed by atoms with Gasteiger partial charge in [0.1, 0.15) is 37.1 Å². The fourth-order valence-electron chi connectivity index (χ4n) is 5.41. The molecule has 17 heteroatoms. The summed E-state index contributed by atoms with van der Waals surface area (Å²) in [5, 5.41) is 1.96. The minimum atomic E-state index is -3.34. The lowest BCUT2D eigenvalue weighted by molar-refractivity contribution is 0.000164. The SMILES string of the molecule is COCCOCCOCCOCCOc1ccc(P(=O)(c2ccc(OCCOCCOCCOCCOC)cc2)c2ccc(OCCOCCOCCOCCOC)cc2)cc1. The molecule has 0 aliphatic carbocycles. The van der Waals surface area contributed by atoms with E-state index in [1.54, 1.807) is 21.3 Å². The molecular weight excluding hydrogens is 827 g/mol. The lowest BCUT2D eigenvalue weighted by atomic mass is 10.3. The Bertz CT molecular complexity index is 1330. The first-order valence-corrected chi connectivity index (χ1v) is 22.8. The Kier molecular flexibility index (Phi) is 31.0. The van der Waals surface area contributed by atoms with Gasteiger partial charge in [-0.2, -0.15) is 0 Å². The molecule has 0 fully saturated rings. The first kappa shape index (κ1) is 53.2. The highest BCUT2D eigenvalue weighted by Crippen LogP contribution is 2.43. The average Bonchev–Trinajstić information content (AvgIpc) is 3.30. The van der Waals surface area contributed by atoms with Gasteiger partial charge >= 0.3 is 0 Å². The third kappa shape index (κ3) is 23.5. The summed E-state index contributed by atoms with van der Waals surface area (Å²) in [6, 6.07) is 22.0. The molecule has 0 aromatic heterocycles. The summed E-state index contributed by atoms with van der Waals surface area (Å²) in [7, 11) is 1.57. The summed E-state index contributed by atoms with van der Waals surface area (Å²) in [5.74, 6) is 1.92. The maximum atomic E-state index is 15.3. The van der Waals surface area contributed by atoms with Crippen LogP contribution in [0.15, 0.2) is 72.8 Å². The van der Waals surface area contributed by atoms with Crippen LogP contribution < -0.4 is 30.1 Å². The van der Waals surface area contributed by atoms with Gasteiger partial charge in [0.2, 0.25) is 0 Å². The molecule has 0 bridgehead atoms. The van der Waals surface area contributed by atoms with Gasteiger partial charge in [-0.15, -0.1) is 0 Å². The summed E-state index contributed by atoms with van der Waals surface area (Å²) in [5.41, 5.74) is 0. The largest absolute Gasteiger partial charge is 0.491 e. The molecule has 0 atom stereocenters. The van der Waals surface area contributed by atoms with Crippen molar-refractivity contribution >= 4 is 23.1 Å². The maximum absolute atomic E-state index is 15.3. The van der Waals surface area contributed by atoms with Crippen molar-refractivity contribution in [1.82, 2.24) is 0 Å². The van der Waals surface area contributed by atoms with Crippen LogP contribution >= 0.6 is 7.14 Å². The lowest BCUT2D eigenvalue weighted by Crippen LogP contribution is -2.25. The van der Waals surface area contributed by atoms with Crippen LogP contribution in [0.3, 0.4) is 0 Å². The van der Waals surface area contributed by atoms with E-state index in [0.29, 0.717) is 192 Å². The zero-order chi connectivity index (χ0) is 44.0. The fraction of sp³-hybridized carbons (Fsp3) is 0.600. The van der Waals surface area contributed by atoms with Crippen LogP contribution in [0.2, 0.25) is 0 Å². The number of hydrogen-bond donors (Lipinski definition) is 0. The average molecular weight is 897 g/mol. The van der Waals surface area contributed by atoms with Gasteiger partial charge in [-0.05, 0) is 72.8 Å². The van der Waals surface area contributed by atoms with E-state index >= 15 is 4.57 Å². The van der Waals surface area contributed by atoms with Crippen LogP contribution in [0, 0.1) is 0 Å². The molecule has 3 rings (SSSR count). The smallest absolute Gasteiger partial charge is 0.171 e. The predicted molar refractivity (Wildman–Crippen MR) is 235 cm³/mol. The molecule has 0 saturated heterocycles. The van der Waals surface area contributed by atoms with Crippen LogP contribution in [-0.4, -0.2) is 180 Å². The van der Waals surface area contributed by atoms with E-state index in [0.717, 1.165) is 0 Å². The third-order valence-corrected chi connectivity index (χ3v) is 11.7. The summed E-state index contributed by atoms with van der Waals surface area (Å²) >= 11 is 0. The van der Waals surface area contributed by atoms with E-state index in [1.165, 1.54) is 0 Å². The second kappa shape index (κ2) is 36.2. The Morgan fingerprint density at radius 1 is 0.274 bits per heavy atom. The molecule has 16 nitrogen and oxygen atoms in total. The van der Waals surface area contributed by atoms with E-state index in [9.17, 15) is 0 Å². The van der Waals surface area contributed by atoms with Crippen molar-refractivity contribution in [2.75, 3.05) is 180 Å². The molecule has 0 N–H and O–H groups in total. The number of hydrogen-bond acceptors (Lipinski definition) is 16. The number of benzene rings is 3. The minimum Gasteiger partial charge on any atom is -0.491 e. The van der Waals surface area contributed by atoms with Crippen molar-refractivity contribution in [3.05, 3.63) is 72.8 Å². The molecule has 3 aromatic rings. The first-order valence-electron chi connectivity index (χ1n) is 21.1. The highest BCUT2D eigenvalue weighted by Gasteiger charge is 2.30. The van der Waals surface area contributed by atoms with Crippen molar-refractivity contribution in [1.29, 1.82) is 0 Å². The number of methoxy groups -OCH3 is 3. The fourth-order valence-corrected chi connectivity index (χ4v) is 8.01. The standard InChI is InChI=1S/C45H69O16P/c1-47-16-19-50-22-25-53-28-31-56-34-37-59-40-4-10-43(11-5-40)62(46,44-12-6-41(7-13-44)60-38-35-57-32-29-54-26-23-51-20-17-48-2)45-14-8-42(9-15-45)61-39-36-58-33-30-55-27-24-52-21-18-49-3/h4-15H,16-39H2,1-3H3.